The molecule has 0 bridgehead atoms. The molecule has 0 heterocycles. The summed E-state index contributed by atoms with van der Waals surface area (Å²) in [5, 5.41) is 24.7. The lowest BCUT2D eigenvalue weighted by Gasteiger charge is -2.23. The molecule has 3 amide bonds. The van der Waals surface area contributed by atoms with Crippen LogP contribution in [0.5, 0.6) is 0 Å². The second-order valence-corrected chi connectivity index (χ2v) is 6.62. The molecule has 0 aromatic rings. The molecule has 0 saturated heterocycles. The fourth-order valence-electron chi connectivity index (χ4n) is 2.26. The molecule has 0 aliphatic heterocycles. The van der Waals surface area contributed by atoms with Gasteiger partial charge in [-0.25, -0.2) is 4.79 Å². The highest BCUT2D eigenvalue weighted by atomic mass is 16.4. The lowest BCUT2D eigenvalue weighted by atomic mass is 9.98. The van der Waals surface area contributed by atoms with Crippen molar-refractivity contribution in [2.45, 2.75) is 57.7 Å². The Labute approximate surface area is 164 Å². The average Bonchev–Trinajstić information content (AvgIpc) is 2.67. The number of nitrogens with two attached hydrogens (primary N) is 2. The van der Waals surface area contributed by atoms with Gasteiger partial charge in [-0.05, 0) is 31.7 Å². The Morgan fingerprint density at radius 2 is 1.68 bits per heavy atom. The van der Waals surface area contributed by atoms with Gasteiger partial charge in [-0.1, -0.05) is 20.3 Å². The van der Waals surface area contributed by atoms with Crippen molar-refractivity contribution in [1.82, 2.24) is 16.0 Å². The molecule has 0 fully saturated rings. The fourth-order valence-corrected chi connectivity index (χ4v) is 2.26. The monoisotopic (exact) mass is 403 g/mol. The van der Waals surface area contributed by atoms with Crippen LogP contribution in [0.15, 0.2) is 0 Å². The molecule has 9 N–H and O–H groups in total. The maximum absolute atomic E-state index is 12.4. The Kier molecular flexibility index (Phi) is 12.7. The van der Waals surface area contributed by atoms with Crippen molar-refractivity contribution in [3.05, 3.63) is 0 Å². The normalized spacial score (nSPS) is 15.0. The average molecular weight is 403 g/mol. The van der Waals surface area contributed by atoms with Gasteiger partial charge in [0.1, 0.15) is 12.1 Å². The first-order valence-electron chi connectivity index (χ1n) is 9.34. The zero-order valence-corrected chi connectivity index (χ0v) is 16.4. The molecule has 0 aliphatic rings. The first-order valence-corrected chi connectivity index (χ1v) is 9.34. The molecule has 0 aromatic carbocycles. The van der Waals surface area contributed by atoms with Gasteiger partial charge in [0.25, 0.3) is 0 Å². The molecule has 0 aromatic heterocycles. The second-order valence-electron chi connectivity index (χ2n) is 6.62. The lowest BCUT2D eigenvalue weighted by molar-refractivity contribution is -0.142. The SMILES string of the molecule is CCC(C)C(N)C(=O)NC(CCCCN)C(=O)NCC(=O)NC(CO)C(=O)O. The zero-order valence-electron chi connectivity index (χ0n) is 16.4. The number of carboxylic acid groups (broad SMARTS) is 1. The summed E-state index contributed by atoms with van der Waals surface area (Å²) in [6, 6.07) is -3.12. The van der Waals surface area contributed by atoms with E-state index in [9.17, 15) is 19.2 Å². The van der Waals surface area contributed by atoms with Crippen LogP contribution in [0.3, 0.4) is 0 Å². The first kappa shape index (κ1) is 25.8. The molecule has 0 spiro atoms. The molecule has 0 saturated carbocycles. The van der Waals surface area contributed by atoms with Gasteiger partial charge in [0, 0.05) is 0 Å². The minimum absolute atomic E-state index is 0.0648. The molecule has 11 nitrogen and oxygen atoms in total. The number of aliphatic carboxylic acids is 1. The maximum Gasteiger partial charge on any atom is 0.328 e. The maximum atomic E-state index is 12.4. The topological polar surface area (TPSA) is 197 Å². The van der Waals surface area contributed by atoms with Crippen LogP contribution in [0.2, 0.25) is 0 Å². The largest absolute Gasteiger partial charge is 0.480 e. The van der Waals surface area contributed by atoms with Gasteiger partial charge in [0.05, 0.1) is 19.2 Å². The summed E-state index contributed by atoms with van der Waals surface area (Å²) in [6.45, 7) is 2.90. The third-order valence-electron chi connectivity index (χ3n) is 4.38. The van der Waals surface area contributed by atoms with E-state index in [2.05, 4.69) is 16.0 Å². The smallest absolute Gasteiger partial charge is 0.328 e. The third kappa shape index (κ3) is 9.62. The van der Waals surface area contributed by atoms with Crippen molar-refractivity contribution >= 4 is 23.7 Å². The minimum atomic E-state index is -1.46. The van der Waals surface area contributed by atoms with Crippen molar-refractivity contribution in [3.8, 4) is 0 Å². The molecule has 4 atom stereocenters. The molecule has 162 valence electrons. The van der Waals surface area contributed by atoms with E-state index in [1.54, 1.807) is 0 Å². The molecule has 0 aliphatic carbocycles. The van der Waals surface area contributed by atoms with E-state index in [1.165, 1.54) is 0 Å². The van der Waals surface area contributed by atoms with E-state index >= 15 is 0 Å². The molecule has 0 radical (unpaired) electrons. The predicted molar refractivity (Wildman–Crippen MR) is 102 cm³/mol. The number of hydrogen-bond donors (Lipinski definition) is 7. The Morgan fingerprint density at radius 3 is 2.18 bits per heavy atom. The van der Waals surface area contributed by atoms with Crippen molar-refractivity contribution in [2.24, 2.45) is 17.4 Å². The number of amides is 3. The third-order valence-corrected chi connectivity index (χ3v) is 4.38. The molecule has 0 rings (SSSR count). The number of nitrogens with one attached hydrogen (secondary N) is 3. The summed E-state index contributed by atoms with van der Waals surface area (Å²) >= 11 is 0. The fraction of sp³-hybridized carbons (Fsp3) is 0.765. The first-order chi connectivity index (χ1) is 13.2. The van der Waals surface area contributed by atoms with Crippen molar-refractivity contribution in [2.75, 3.05) is 19.7 Å². The number of carbonyl (C=O) groups excluding carboxylic acids is 3. The number of unbranched alkanes of at least 4 members (excludes halogenated alkanes) is 1. The Hall–Kier alpha value is -2.24. The zero-order chi connectivity index (χ0) is 21.7. The highest BCUT2D eigenvalue weighted by Gasteiger charge is 2.26. The summed E-state index contributed by atoms with van der Waals surface area (Å²) in [6.07, 6.45) is 2.27. The van der Waals surface area contributed by atoms with Crippen LogP contribution in [-0.2, 0) is 19.2 Å². The summed E-state index contributed by atoms with van der Waals surface area (Å²) in [5.74, 6) is -3.29. The Morgan fingerprint density at radius 1 is 1.04 bits per heavy atom. The Bertz CT molecular complexity index is 530. The van der Waals surface area contributed by atoms with E-state index in [1.807, 2.05) is 13.8 Å². The van der Waals surface area contributed by atoms with E-state index in [-0.39, 0.29) is 5.92 Å². The summed E-state index contributed by atoms with van der Waals surface area (Å²) in [4.78, 5) is 47.2. The van der Waals surface area contributed by atoms with Gasteiger partial charge in [-0.15, -0.1) is 0 Å². The van der Waals surface area contributed by atoms with Crippen LogP contribution in [0, 0.1) is 5.92 Å². The minimum Gasteiger partial charge on any atom is -0.480 e. The van der Waals surface area contributed by atoms with E-state index < -0.39 is 55.0 Å². The van der Waals surface area contributed by atoms with E-state index in [0.29, 0.717) is 32.2 Å². The van der Waals surface area contributed by atoms with Crippen molar-refractivity contribution < 1.29 is 29.4 Å². The van der Waals surface area contributed by atoms with Crippen LogP contribution < -0.4 is 27.4 Å². The molecular weight excluding hydrogens is 370 g/mol. The van der Waals surface area contributed by atoms with Crippen molar-refractivity contribution in [1.29, 1.82) is 0 Å². The van der Waals surface area contributed by atoms with E-state index in [0.717, 1.165) is 0 Å². The second kappa shape index (κ2) is 13.9. The lowest BCUT2D eigenvalue weighted by Crippen LogP contribution is -2.54. The van der Waals surface area contributed by atoms with Gasteiger partial charge in [-0.3, -0.25) is 14.4 Å². The van der Waals surface area contributed by atoms with Crippen LogP contribution in [0.1, 0.15) is 39.5 Å². The van der Waals surface area contributed by atoms with Gasteiger partial charge in [0.2, 0.25) is 17.7 Å². The highest BCUT2D eigenvalue weighted by Crippen LogP contribution is 2.07. The van der Waals surface area contributed by atoms with Crippen LogP contribution in [0.25, 0.3) is 0 Å². The van der Waals surface area contributed by atoms with Gasteiger partial charge in [-0.2, -0.15) is 0 Å². The number of aliphatic hydroxyl groups excluding tert-OH is 1. The molecule has 28 heavy (non-hydrogen) atoms. The highest BCUT2D eigenvalue weighted by molar-refractivity contribution is 5.92. The molecular formula is C17H33N5O6. The summed E-state index contributed by atoms with van der Waals surface area (Å²) in [7, 11) is 0. The summed E-state index contributed by atoms with van der Waals surface area (Å²) in [5.41, 5.74) is 11.3. The van der Waals surface area contributed by atoms with Gasteiger partial charge in [0.15, 0.2) is 0 Å². The number of rotatable bonds is 14. The standard InChI is InChI=1S/C17H33N5O6/c1-3-10(2)14(19)16(26)22-11(6-4-5-7-18)15(25)20-8-13(24)21-12(9-23)17(27)28/h10-12,14,23H,3-9,18-19H2,1-2H3,(H,20,25)(H,21,24)(H,22,26)(H,27,28). The van der Waals surface area contributed by atoms with Crippen molar-refractivity contribution in [3.63, 3.8) is 0 Å². The van der Waals surface area contributed by atoms with Gasteiger partial charge < -0.3 is 37.6 Å². The van der Waals surface area contributed by atoms with Crippen LogP contribution in [-0.4, -0.2) is 71.7 Å². The molecule has 4 unspecified atom stereocenters. The van der Waals surface area contributed by atoms with Crippen LogP contribution >= 0.6 is 0 Å². The summed E-state index contributed by atoms with van der Waals surface area (Å²) < 4.78 is 0. The number of aliphatic hydroxyl groups is 1. The predicted octanol–water partition coefficient (Wildman–Crippen LogP) is -2.35. The van der Waals surface area contributed by atoms with Gasteiger partial charge >= 0.3 is 5.97 Å². The van der Waals surface area contributed by atoms with E-state index in [4.69, 9.17) is 21.7 Å². The molecule has 11 heteroatoms. The Balaban J connectivity index is 4.81. The number of hydrogen-bond acceptors (Lipinski definition) is 7. The van der Waals surface area contributed by atoms with Crippen LogP contribution in [0.4, 0.5) is 0 Å². The number of carboxylic acids is 1. The quantitative estimate of drug-likeness (QED) is 0.156. The number of carbonyl (C=O) groups is 4.